The Bertz CT molecular complexity index is 383. The summed E-state index contributed by atoms with van der Waals surface area (Å²) in [6.07, 6.45) is 1.31. The molecular formula is C14H23BrN2S. The summed E-state index contributed by atoms with van der Waals surface area (Å²) in [5, 5.41) is 5.78. The maximum Gasteiger partial charge on any atom is 0.0701 e. The number of nitrogens with one attached hydrogen (secondary N) is 1. The molecule has 18 heavy (non-hydrogen) atoms. The second kappa shape index (κ2) is 6.04. The highest BCUT2D eigenvalue weighted by Crippen LogP contribution is 2.35. The molecule has 1 aromatic heterocycles. The van der Waals surface area contributed by atoms with Crippen LogP contribution in [0.5, 0.6) is 0 Å². The fourth-order valence-corrected chi connectivity index (χ4v) is 4.11. The SMILES string of the molecule is CC(C)C1(CN(C)Cc2csc(Br)c2)CCNC1. The number of halogens is 1. The Morgan fingerprint density at radius 1 is 1.56 bits per heavy atom. The Kier molecular flexibility index (Phi) is 4.86. The second-order valence-corrected chi connectivity index (χ2v) is 8.17. The van der Waals surface area contributed by atoms with Gasteiger partial charge in [0, 0.05) is 19.6 Å². The van der Waals surface area contributed by atoms with E-state index in [1.165, 1.54) is 35.4 Å². The van der Waals surface area contributed by atoms with Gasteiger partial charge in [-0.3, -0.25) is 0 Å². The summed E-state index contributed by atoms with van der Waals surface area (Å²) < 4.78 is 1.23. The van der Waals surface area contributed by atoms with E-state index in [0.717, 1.165) is 12.5 Å². The number of rotatable bonds is 5. The van der Waals surface area contributed by atoms with Crippen LogP contribution in [-0.4, -0.2) is 31.6 Å². The molecule has 1 aliphatic heterocycles. The van der Waals surface area contributed by atoms with E-state index in [2.05, 4.69) is 58.5 Å². The van der Waals surface area contributed by atoms with Gasteiger partial charge in [-0.15, -0.1) is 11.3 Å². The molecule has 1 aliphatic rings. The highest BCUT2D eigenvalue weighted by atomic mass is 79.9. The molecule has 0 aromatic carbocycles. The standard InChI is InChI=1S/C14H23BrN2S/c1-11(2)14(4-5-16-9-14)10-17(3)7-12-6-13(15)18-8-12/h6,8,11,16H,4-5,7,9-10H2,1-3H3. The highest BCUT2D eigenvalue weighted by Gasteiger charge is 2.37. The molecule has 1 saturated heterocycles. The zero-order valence-corrected chi connectivity index (χ0v) is 13.9. The lowest BCUT2D eigenvalue weighted by atomic mass is 9.76. The Balaban J connectivity index is 1.95. The van der Waals surface area contributed by atoms with Crippen molar-refractivity contribution in [2.75, 3.05) is 26.7 Å². The fourth-order valence-electron chi connectivity index (χ4n) is 2.91. The van der Waals surface area contributed by atoms with Gasteiger partial charge in [0.2, 0.25) is 0 Å². The summed E-state index contributed by atoms with van der Waals surface area (Å²) >= 11 is 5.31. The van der Waals surface area contributed by atoms with Gasteiger partial charge in [0.15, 0.2) is 0 Å². The van der Waals surface area contributed by atoms with Gasteiger partial charge in [-0.05, 0) is 64.3 Å². The number of thiophene rings is 1. The van der Waals surface area contributed by atoms with Gasteiger partial charge in [0.25, 0.3) is 0 Å². The average Bonchev–Trinajstić information content (AvgIpc) is 2.89. The smallest absolute Gasteiger partial charge is 0.0701 e. The lowest BCUT2D eigenvalue weighted by Gasteiger charge is -2.36. The van der Waals surface area contributed by atoms with E-state index in [1.54, 1.807) is 11.3 Å². The molecule has 0 bridgehead atoms. The van der Waals surface area contributed by atoms with Crippen molar-refractivity contribution < 1.29 is 0 Å². The van der Waals surface area contributed by atoms with Crippen LogP contribution in [0.4, 0.5) is 0 Å². The minimum absolute atomic E-state index is 0.460. The van der Waals surface area contributed by atoms with Gasteiger partial charge in [-0.2, -0.15) is 0 Å². The lowest BCUT2D eigenvalue weighted by Crippen LogP contribution is -2.40. The van der Waals surface area contributed by atoms with E-state index in [1.807, 2.05) is 0 Å². The average molecular weight is 331 g/mol. The van der Waals surface area contributed by atoms with Crippen LogP contribution in [0.25, 0.3) is 0 Å². The quantitative estimate of drug-likeness (QED) is 0.887. The third kappa shape index (κ3) is 3.35. The molecule has 0 amide bonds. The highest BCUT2D eigenvalue weighted by molar-refractivity contribution is 9.11. The molecule has 0 radical (unpaired) electrons. The molecule has 0 aliphatic carbocycles. The van der Waals surface area contributed by atoms with Crippen molar-refractivity contribution in [3.63, 3.8) is 0 Å². The minimum atomic E-state index is 0.460. The molecule has 1 aromatic rings. The predicted octanol–water partition coefficient (Wildman–Crippen LogP) is 3.58. The Labute approximate surface area is 123 Å². The first kappa shape index (κ1) is 14.5. The van der Waals surface area contributed by atoms with Crippen LogP contribution >= 0.6 is 27.3 Å². The Morgan fingerprint density at radius 3 is 2.83 bits per heavy atom. The van der Waals surface area contributed by atoms with E-state index >= 15 is 0 Å². The van der Waals surface area contributed by atoms with E-state index in [9.17, 15) is 0 Å². The molecular weight excluding hydrogens is 308 g/mol. The van der Waals surface area contributed by atoms with Gasteiger partial charge in [-0.25, -0.2) is 0 Å². The van der Waals surface area contributed by atoms with E-state index in [0.29, 0.717) is 5.41 Å². The third-order valence-corrected chi connectivity index (χ3v) is 5.71. The minimum Gasteiger partial charge on any atom is -0.316 e. The zero-order chi connectivity index (χ0) is 13.2. The first-order chi connectivity index (χ1) is 8.52. The van der Waals surface area contributed by atoms with Crippen molar-refractivity contribution in [3.05, 3.63) is 20.8 Å². The largest absolute Gasteiger partial charge is 0.316 e. The van der Waals surface area contributed by atoms with Crippen molar-refractivity contribution in [1.29, 1.82) is 0 Å². The van der Waals surface area contributed by atoms with Crippen LogP contribution in [0.3, 0.4) is 0 Å². The Morgan fingerprint density at radius 2 is 2.33 bits per heavy atom. The molecule has 4 heteroatoms. The number of hydrogen-bond donors (Lipinski definition) is 1. The van der Waals surface area contributed by atoms with E-state index in [-0.39, 0.29) is 0 Å². The van der Waals surface area contributed by atoms with E-state index in [4.69, 9.17) is 0 Å². The van der Waals surface area contributed by atoms with Crippen LogP contribution in [0.1, 0.15) is 25.8 Å². The van der Waals surface area contributed by atoms with Crippen LogP contribution in [0, 0.1) is 11.3 Å². The summed E-state index contributed by atoms with van der Waals surface area (Å²) in [6.45, 7) is 9.31. The van der Waals surface area contributed by atoms with Crippen molar-refractivity contribution in [3.8, 4) is 0 Å². The fraction of sp³-hybridized carbons (Fsp3) is 0.714. The predicted molar refractivity (Wildman–Crippen MR) is 83.1 cm³/mol. The molecule has 0 saturated carbocycles. The molecule has 2 rings (SSSR count). The third-order valence-electron chi connectivity index (χ3n) is 4.16. The maximum absolute atomic E-state index is 3.54. The van der Waals surface area contributed by atoms with Crippen molar-refractivity contribution >= 4 is 27.3 Å². The molecule has 1 unspecified atom stereocenters. The molecule has 2 heterocycles. The summed E-state index contributed by atoms with van der Waals surface area (Å²) in [5.74, 6) is 0.740. The molecule has 2 nitrogen and oxygen atoms in total. The monoisotopic (exact) mass is 330 g/mol. The summed E-state index contributed by atoms with van der Waals surface area (Å²) in [7, 11) is 2.24. The maximum atomic E-state index is 3.54. The first-order valence-electron chi connectivity index (χ1n) is 6.64. The van der Waals surface area contributed by atoms with Crippen LogP contribution in [0.15, 0.2) is 15.2 Å². The zero-order valence-electron chi connectivity index (χ0n) is 11.5. The van der Waals surface area contributed by atoms with Gasteiger partial charge >= 0.3 is 0 Å². The molecule has 102 valence electrons. The summed E-state index contributed by atoms with van der Waals surface area (Å²) in [6, 6.07) is 2.23. The normalized spacial score (nSPS) is 24.3. The number of hydrogen-bond acceptors (Lipinski definition) is 3. The second-order valence-electron chi connectivity index (χ2n) is 5.88. The van der Waals surface area contributed by atoms with Crippen molar-refractivity contribution in [2.24, 2.45) is 11.3 Å². The lowest BCUT2D eigenvalue weighted by molar-refractivity contribution is 0.132. The topological polar surface area (TPSA) is 15.3 Å². The van der Waals surface area contributed by atoms with Crippen LogP contribution in [-0.2, 0) is 6.54 Å². The molecule has 1 fully saturated rings. The first-order valence-corrected chi connectivity index (χ1v) is 8.31. The van der Waals surface area contributed by atoms with Gasteiger partial charge in [0.1, 0.15) is 0 Å². The van der Waals surface area contributed by atoms with Crippen molar-refractivity contribution in [1.82, 2.24) is 10.2 Å². The van der Waals surface area contributed by atoms with Crippen LogP contribution in [0.2, 0.25) is 0 Å². The van der Waals surface area contributed by atoms with Gasteiger partial charge < -0.3 is 10.2 Å². The van der Waals surface area contributed by atoms with Gasteiger partial charge in [0.05, 0.1) is 3.79 Å². The van der Waals surface area contributed by atoms with E-state index < -0.39 is 0 Å². The molecule has 1 N–H and O–H groups in total. The molecule has 1 atom stereocenters. The summed E-state index contributed by atoms with van der Waals surface area (Å²) in [5.41, 5.74) is 1.88. The summed E-state index contributed by atoms with van der Waals surface area (Å²) in [4.78, 5) is 2.47. The van der Waals surface area contributed by atoms with Crippen LogP contribution < -0.4 is 5.32 Å². The van der Waals surface area contributed by atoms with Crippen molar-refractivity contribution in [2.45, 2.75) is 26.8 Å². The number of nitrogens with zero attached hydrogens (tertiary/aromatic N) is 1. The van der Waals surface area contributed by atoms with Gasteiger partial charge in [-0.1, -0.05) is 13.8 Å². The Hall–Kier alpha value is 0.1000. The molecule has 0 spiro atoms.